The summed E-state index contributed by atoms with van der Waals surface area (Å²) in [6, 6.07) is 0. The van der Waals surface area contributed by atoms with Gasteiger partial charge >= 0.3 is 5.69 Å². The molecule has 6 nitrogen and oxygen atoms in total. The zero-order valence-electron chi connectivity index (χ0n) is 9.61. The van der Waals surface area contributed by atoms with Crippen molar-refractivity contribution in [3.8, 4) is 0 Å². The fourth-order valence-corrected chi connectivity index (χ4v) is 2.21. The minimum atomic E-state index is -0.134. The third-order valence-corrected chi connectivity index (χ3v) is 3.09. The molecular formula is C11H14N4O2. The van der Waals surface area contributed by atoms with Crippen LogP contribution in [0.5, 0.6) is 0 Å². The molecule has 3 rings (SSSR count). The van der Waals surface area contributed by atoms with E-state index in [1.54, 1.807) is 18.6 Å². The lowest BCUT2D eigenvalue weighted by Crippen LogP contribution is -2.27. The van der Waals surface area contributed by atoms with Gasteiger partial charge in [-0.1, -0.05) is 0 Å². The van der Waals surface area contributed by atoms with E-state index in [0.29, 0.717) is 12.2 Å². The lowest BCUT2D eigenvalue weighted by molar-refractivity contribution is 0.0431. The van der Waals surface area contributed by atoms with Gasteiger partial charge in [-0.25, -0.2) is 13.9 Å². The van der Waals surface area contributed by atoms with Crippen LogP contribution in [0.4, 0.5) is 0 Å². The Morgan fingerprint density at radius 3 is 3.12 bits per heavy atom. The zero-order valence-corrected chi connectivity index (χ0v) is 9.61. The molecule has 2 aromatic rings. The Kier molecular flexibility index (Phi) is 2.44. The van der Waals surface area contributed by atoms with Crippen molar-refractivity contribution in [3.05, 3.63) is 29.1 Å². The number of rotatable bonds is 2. The van der Waals surface area contributed by atoms with Crippen LogP contribution < -0.4 is 5.69 Å². The predicted molar refractivity (Wildman–Crippen MR) is 60.8 cm³/mol. The van der Waals surface area contributed by atoms with Gasteiger partial charge in [0.15, 0.2) is 5.65 Å². The molecule has 0 spiro atoms. The van der Waals surface area contributed by atoms with Gasteiger partial charge in [0.1, 0.15) is 0 Å². The first-order valence-electron chi connectivity index (χ1n) is 5.78. The maximum Gasteiger partial charge on any atom is 0.350 e. The lowest BCUT2D eigenvalue weighted by Gasteiger charge is -2.09. The van der Waals surface area contributed by atoms with Crippen LogP contribution in [-0.4, -0.2) is 31.4 Å². The Hall–Kier alpha value is -1.69. The molecule has 6 heteroatoms. The lowest BCUT2D eigenvalue weighted by atomic mass is 10.2. The van der Waals surface area contributed by atoms with Crippen LogP contribution in [0.3, 0.4) is 0 Å². The van der Waals surface area contributed by atoms with Crippen LogP contribution in [0.1, 0.15) is 19.8 Å². The van der Waals surface area contributed by atoms with Crippen molar-refractivity contribution in [2.45, 2.75) is 38.5 Å². The van der Waals surface area contributed by atoms with Gasteiger partial charge < -0.3 is 4.74 Å². The number of aromatic nitrogens is 4. The third-order valence-electron chi connectivity index (χ3n) is 3.09. The summed E-state index contributed by atoms with van der Waals surface area (Å²) in [5.41, 5.74) is 0.439. The summed E-state index contributed by atoms with van der Waals surface area (Å²) in [4.78, 5) is 15.9. The van der Waals surface area contributed by atoms with Crippen LogP contribution in [-0.2, 0) is 11.3 Å². The standard InChI is InChI=1S/C11H14N4O2/c1-8-2-3-9(17-8)7-15-11(16)14-5-4-12-6-10(14)13-15/h4-6,8-9H,2-3,7H2,1H3. The van der Waals surface area contributed by atoms with Gasteiger partial charge in [0.25, 0.3) is 0 Å². The fourth-order valence-electron chi connectivity index (χ4n) is 2.21. The van der Waals surface area contributed by atoms with Gasteiger partial charge in [-0.05, 0) is 19.8 Å². The molecule has 17 heavy (non-hydrogen) atoms. The molecule has 1 aliphatic heterocycles. The minimum absolute atomic E-state index is 0.0978. The second kappa shape index (κ2) is 3.96. The molecule has 0 aromatic carbocycles. The summed E-state index contributed by atoms with van der Waals surface area (Å²) in [5.74, 6) is 0. The van der Waals surface area contributed by atoms with E-state index in [0.717, 1.165) is 12.8 Å². The van der Waals surface area contributed by atoms with Crippen LogP contribution in [0.2, 0.25) is 0 Å². The highest BCUT2D eigenvalue weighted by Gasteiger charge is 2.23. The zero-order chi connectivity index (χ0) is 11.8. The highest BCUT2D eigenvalue weighted by Crippen LogP contribution is 2.19. The maximum atomic E-state index is 12.0. The van der Waals surface area contributed by atoms with Crippen molar-refractivity contribution < 1.29 is 4.74 Å². The van der Waals surface area contributed by atoms with Gasteiger partial charge in [-0.2, -0.15) is 0 Å². The largest absolute Gasteiger partial charge is 0.373 e. The average molecular weight is 234 g/mol. The third kappa shape index (κ3) is 1.84. The molecule has 90 valence electrons. The summed E-state index contributed by atoms with van der Waals surface area (Å²) < 4.78 is 8.64. The van der Waals surface area contributed by atoms with Crippen molar-refractivity contribution in [1.82, 2.24) is 19.2 Å². The number of hydrogen-bond donors (Lipinski definition) is 0. The van der Waals surface area contributed by atoms with E-state index in [4.69, 9.17) is 4.74 Å². The van der Waals surface area contributed by atoms with E-state index in [9.17, 15) is 4.79 Å². The number of fused-ring (bicyclic) bond motifs is 1. The predicted octanol–water partition coefficient (Wildman–Crippen LogP) is 0.458. The van der Waals surface area contributed by atoms with Gasteiger partial charge in [0.05, 0.1) is 24.9 Å². The number of ether oxygens (including phenoxy) is 1. The highest BCUT2D eigenvalue weighted by molar-refractivity contribution is 5.31. The van der Waals surface area contributed by atoms with E-state index in [-0.39, 0.29) is 17.9 Å². The molecular weight excluding hydrogens is 220 g/mol. The van der Waals surface area contributed by atoms with Gasteiger partial charge in [-0.3, -0.25) is 4.98 Å². The topological polar surface area (TPSA) is 61.4 Å². The first-order chi connectivity index (χ1) is 8.24. The fraction of sp³-hybridized carbons (Fsp3) is 0.545. The Morgan fingerprint density at radius 2 is 2.41 bits per heavy atom. The molecule has 0 saturated carbocycles. The first-order valence-corrected chi connectivity index (χ1v) is 5.78. The van der Waals surface area contributed by atoms with Crippen LogP contribution in [0.25, 0.3) is 5.65 Å². The van der Waals surface area contributed by atoms with Crippen molar-refractivity contribution in [1.29, 1.82) is 0 Å². The number of nitrogens with zero attached hydrogens (tertiary/aromatic N) is 4. The van der Waals surface area contributed by atoms with E-state index in [2.05, 4.69) is 17.0 Å². The van der Waals surface area contributed by atoms with Crippen molar-refractivity contribution in [2.75, 3.05) is 0 Å². The summed E-state index contributed by atoms with van der Waals surface area (Å²) in [6.07, 6.45) is 7.20. The SMILES string of the molecule is CC1CCC(Cn2nc3cnccn3c2=O)O1. The second-order valence-corrected chi connectivity index (χ2v) is 4.42. The monoisotopic (exact) mass is 234 g/mol. The maximum absolute atomic E-state index is 12.0. The second-order valence-electron chi connectivity index (χ2n) is 4.42. The van der Waals surface area contributed by atoms with Gasteiger partial charge in [0.2, 0.25) is 0 Å². The molecule has 0 amide bonds. The molecule has 0 bridgehead atoms. The first kappa shape index (κ1) is 10.5. The van der Waals surface area contributed by atoms with Gasteiger partial charge in [-0.15, -0.1) is 5.10 Å². The molecule has 1 fully saturated rings. The Labute approximate surface area is 97.8 Å². The normalized spacial score (nSPS) is 24.5. The molecule has 1 aliphatic rings. The Balaban J connectivity index is 1.90. The van der Waals surface area contributed by atoms with Crippen molar-refractivity contribution in [3.63, 3.8) is 0 Å². The van der Waals surface area contributed by atoms with E-state index >= 15 is 0 Å². The van der Waals surface area contributed by atoms with E-state index in [1.807, 2.05) is 0 Å². The quantitative estimate of drug-likeness (QED) is 0.757. The van der Waals surface area contributed by atoms with Crippen molar-refractivity contribution in [2.24, 2.45) is 0 Å². The molecule has 0 aliphatic carbocycles. The van der Waals surface area contributed by atoms with Gasteiger partial charge in [0, 0.05) is 12.4 Å². The molecule has 2 atom stereocenters. The Morgan fingerprint density at radius 1 is 1.53 bits per heavy atom. The average Bonchev–Trinajstić information content (AvgIpc) is 2.86. The van der Waals surface area contributed by atoms with E-state index in [1.165, 1.54) is 9.08 Å². The van der Waals surface area contributed by atoms with Crippen LogP contribution in [0, 0.1) is 0 Å². The molecule has 0 radical (unpaired) electrons. The highest BCUT2D eigenvalue weighted by atomic mass is 16.5. The molecule has 2 aromatic heterocycles. The van der Waals surface area contributed by atoms with Crippen LogP contribution >= 0.6 is 0 Å². The minimum Gasteiger partial charge on any atom is -0.373 e. The van der Waals surface area contributed by atoms with Crippen molar-refractivity contribution >= 4 is 5.65 Å². The summed E-state index contributed by atoms with van der Waals surface area (Å²) in [6.45, 7) is 2.57. The molecule has 1 saturated heterocycles. The molecule has 0 N–H and O–H groups in total. The molecule has 3 heterocycles. The summed E-state index contributed by atoms with van der Waals surface area (Å²) in [7, 11) is 0. The number of hydrogen-bond acceptors (Lipinski definition) is 4. The van der Waals surface area contributed by atoms with E-state index < -0.39 is 0 Å². The summed E-state index contributed by atoms with van der Waals surface area (Å²) >= 11 is 0. The Bertz CT molecular complexity index is 588. The van der Waals surface area contributed by atoms with Crippen LogP contribution in [0.15, 0.2) is 23.4 Å². The molecule has 2 unspecified atom stereocenters. The smallest absolute Gasteiger partial charge is 0.350 e. The summed E-state index contributed by atoms with van der Waals surface area (Å²) in [5, 5.41) is 4.23.